The summed E-state index contributed by atoms with van der Waals surface area (Å²) in [4.78, 5) is 12.5. The lowest BCUT2D eigenvalue weighted by molar-refractivity contribution is 0.0195. The maximum absolute atomic E-state index is 12.5. The van der Waals surface area contributed by atoms with Crippen LogP contribution >= 0.6 is 0 Å². The van der Waals surface area contributed by atoms with E-state index in [0.29, 0.717) is 18.1 Å². The Morgan fingerprint density at radius 2 is 1.78 bits per heavy atom. The lowest BCUT2D eigenvalue weighted by atomic mass is 9.98. The van der Waals surface area contributed by atoms with Crippen molar-refractivity contribution < 1.29 is 14.3 Å². The van der Waals surface area contributed by atoms with Gasteiger partial charge in [0.05, 0.1) is 5.56 Å². The van der Waals surface area contributed by atoms with Crippen molar-refractivity contribution in [3.8, 4) is 5.75 Å². The molecular formula is C24H30O3. The fourth-order valence-electron chi connectivity index (χ4n) is 3.78. The number of unbranched alkanes of at least 4 members (excludes halogenated alkanes) is 2. The smallest absolute Gasteiger partial charge is 0.338 e. The summed E-state index contributed by atoms with van der Waals surface area (Å²) in [7, 11) is 0. The largest absolute Gasteiger partial charge is 0.489 e. The molecule has 2 aromatic rings. The van der Waals surface area contributed by atoms with Crippen LogP contribution in [0.5, 0.6) is 5.75 Å². The van der Waals surface area contributed by atoms with E-state index >= 15 is 0 Å². The first-order chi connectivity index (χ1) is 13.3. The van der Waals surface area contributed by atoms with Gasteiger partial charge in [0.1, 0.15) is 18.5 Å². The predicted octanol–water partition coefficient (Wildman–Crippen LogP) is 6.17. The highest BCUT2D eigenvalue weighted by atomic mass is 16.5. The highest BCUT2D eigenvalue weighted by molar-refractivity contribution is 5.89. The fourth-order valence-corrected chi connectivity index (χ4v) is 3.78. The first-order valence-electron chi connectivity index (χ1n) is 10.2. The minimum atomic E-state index is -0.211. The maximum atomic E-state index is 12.5. The van der Waals surface area contributed by atoms with Gasteiger partial charge in [0.2, 0.25) is 0 Å². The summed E-state index contributed by atoms with van der Waals surface area (Å²) >= 11 is 0. The third-order valence-electron chi connectivity index (χ3n) is 5.36. The van der Waals surface area contributed by atoms with Crippen LogP contribution in [0.15, 0.2) is 54.6 Å². The first-order valence-corrected chi connectivity index (χ1v) is 10.2. The third kappa shape index (κ3) is 5.85. The van der Waals surface area contributed by atoms with E-state index in [1.165, 1.54) is 38.5 Å². The highest BCUT2D eigenvalue weighted by Gasteiger charge is 2.30. The summed E-state index contributed by atoms with van der Waals surface area (Å²) in [6.45, 7) is 2.74. The van der Waals surface area contributed by atoms with E-state index in [9.17, 15) is 4.79 Å². The molecule has 1 saturated carbocycles. The molecule has 2 aromatic carbocycles. The molecule has 1 aliphatic carbocycles. The summed E-state index contributed by atoms with van der Waals surface area (Å²) in [5.41, 5.74) is 1.72. The quantitative estimate of drug-likeness (QED) is 0.393. The van der Waals surface area contributed by atoms with Gasteiger partial charge >= 0.3 is 5.97 Å². The van der Waals surface area contributed by atoms with Gasteiger partial charge < -0.3 is 9.47 Å². The minimum Gasteiger partial charge on any atom is -0.489 e. The first kappa shape index (κ1) is 19.5. The van der Waals surface area contributed by atoms with Gasteiger partial charge in [-0.2, -0.15) is 0 Å². The molecule has 144 valence electrons. The summed E-state index contributed by atoms with van der Waals surface area (Å²) in [5.74, 6) is 1.08. The van der Waals surface area contributed by atoms with Crippen molar-refractivity contribution in [2.45, 2.75) is 64.6 Å². The topological polar surface area (TPSA) is 35.5 Å². The zero-order chi connectivity index (χ0) is 18.9. The minimum absolute atomic E-state index is 0.0864. The third-order valence-corrected chi connectivity index (χ3v) is 5.36. The Morgan fingerprint density at radius 1 is 1.00 bits per heavy atom. The molecule has 1 aliphatic rings. The van der Waals surface area contributed by atoms with Crippen LogP contribution in [-0.2, 0) is 11.3 Å². The molecule has 1 fully saturated rings. The second-order valence-corrected chi connectivity index (χ2v) is 7.43. The van der Waals surface area contributed by atoms with Crippen LogP contribution in [0, 0.1) is 5.92 Å². The molecule has 0 unspecified atom stereocenters. The standard InChI is InChI=1S/C24H30O3/c1-2-3-5-11-20-12-8-13-23(20)27-24(25)21-14-16-22(17-15-21)26-18-19-9-6-4-7-10-19/h4,6-7,9-10,14-17,20,23H,2-3,5,8,11-13,18H2,1H3/t20-,23-/m0/s1. The van der Waals surface area contributed by atoms with Crippen molar-refractivity contribution >= 4 is 5.97 Å². The van der Waals surface area contributed by atoms with Gasteiger partial charge in [0, 0.05) is 0 Å². The number of rotatable bonds is 9. The van der Waals surface area contributed by atoms with E-state index in [-0.39, 0.29) is 12.1 Å². The Hall–Kier alpha value is -2.29. The van der Waals surface area contributed by atoms with Crippen molar-refractivity contribution in [2.24, 2.45) is 5.92 Å². The molecule has 0 heterocycles. The molecule has 3 heteroatoms. The molecular weight excluding hydrogens is 336 g/mol. The lowest BCUT2D eigenvalue weighted by Crippen LogP contribution is -2.22. The number of carbonyl (C=O) groups is 1. The monoisotopic (exact) mass is 366 g/mol. The van der Waals surface area contributed by atoms with Gasteiger partial charge in [-0.1, -0.05) is 56.5 Å². The van der Waals surface area contributed by atoms with Crippen molar-refractivity contribution in [1.29, 1.82) is 0 Å². The molecule has 3 nitrogen and oxygen atoms in total. The van der Waals surface area contributed by atoms with E-state index in [4.69, 9.17) is 9.47 Å². The van der Waals surface area contributed by atoms with Crippen LogP contribution in [0.1, 0.15) is 67.8 Å². The van der Waals surface area contributed by atoms with E-state index in [1.54, 1.807) is 12.1 Å². The number of hydrogen-bond donors (Lipinski definition) is 0. The second-order valence-electron chi connectivity index (χ2n) is 7.43. The van der Waals surface area contributed by atoms with E-state index in [0.717, 1.165) is 17.7 Å². The fraction of sp³-hybridized carbons (Fsp3) is 0.458. The molecule has 3 rings (SSSR count). The molecule has 0 aromatic heterocycles. The molecule has 0 spiro atoms. The van der Waals surface area contributed by atoms with Crippen LogP contribution in [0.4, 0.5) is 0 Å². The Morgan fingerprint density at radius 3 is 2.52 bits per heavy atom. The van der Waals surface area contributed by atoms with E-state index in [2.05, 4.69) is 6.92 Å². The SMILES string of the molecule is CCCCC[C@H]1CCC[C@@H]1OC(=O)c1ccc(OCc2ccccc2)cc1. The summed E-state index contributed by atoms with van der Waals surface area (Å²) in [6.07, 6.45) is 8.36. The van der Waals surface area contributed by atoms with Crippen LogP contribution in [-0.4, -0.2) is 12.1 Å². The summed E-state index contributed by atoms with van der Waals surface area (Å²) in [5, 5.41) is 0. The molecule has 27 heavy (non-hydrogen) atoms. The van der Waals surface area contributed by atoms with Gasteiger partial charge in [-0.3, -0.25) is 0 Å². The average molecular weight is 367 g/mol. The highest BCUT2D eigenvalue weighted by Crippen LogP contribution is 2.33. The number of ether oxygens (including phenoxy) is 2. The van der Waals surface area contributed by atoms with Crippen LogP contribution in [0.2, 0.25) is 0 Å². The van der Waals surface area contributed by atoms with E-state index in [1.807, 2.05) is 42.5 Å². The molecule has 0 aliphatic heterocycles. The maximum Gasteiger partial charge on any atom is 0.338 e. The Kier molecular flexibility index (Phi) is 7.32. The van der Waals surface area contributed by atoms with Crippen LogP contribution < -0.4 is 4.74 Å². The summed E-state index contributed by atoms with van der Waals surface area (Å²) in [6, 6.07) is 17.3. The molecule has 2 atom stereocenters. The number of carbonyl (C=O) groups excluding carboxylic acids is 1. The molecule has 0 bridgehead atoms. The average Bonchev–Trinajstić information content (AvgIpc) is 3.14. The second kappa shape index (κ2) is 10.1. The zero-order valence-corrected chi connectivity index (χ0v) is 16.2. The van der Waals surface area contributed by atoms with Gasteiger partial charge in [0.25, 0.3) is 0 Å². The van der Waals surface area contributed by atoms with Gasteiger partial charge in [0.15, 0.2) is 0 Å². The molecule has 0 amide bonds. The van der Waals surface area contributed by atoms with Gasteiger partial charge in [-0.25, -0.2) is 4.79 Å². The lowest BCUT2D eigenvalue weighted by Gasteiger charge is -2.20. The molecule has 0 radical (unpaired) electrons. The van der Waals surface area contributed by atoms with Gasteiger partial charge in [-0.15, -0.1) is 0 Å². The number of esters is 1. The number of benzene rings is 2. The van der Waals surface area contributed by atoms with Gasteiger partial charge in [-0.05, 0) is 61.4 Å². The van der Waals surface area contributed by atoms with Crippen molar-refractivity contribution in [1.82, 2.24) is 0 Å². The molecule has 0 N–H and O–H groups in total. The molecule has 0 saturated heterocycles. The van der Waals surface area contributed by atoms with Crippen molar-refractivity contribution in [3.63, 3.8) is 0 Å². The predicted molar refractivity (Wildman–Crippen MR) is 108 cm³/mol. The van der Waals surface area contributed by atoms with Crippen molar-refractivity contribution in [3.05, 3.63) is 65.7 Å². The van der Waals surface area contributed by atoms with Crippen LogP contribution in [0.25, 0.3) is 0 Å². The van der Waals surface area contributed by atoms with Crippen LogP contribution in [0.3, 0.4) is 0 Å². The Balaban J connectivity index is 1.49. The zero-order valence-electron chi connectivity index (χ0n) is 16.2. The Labute approximate surface area is 162 Å². The summed E-state index contributed by atoms with van der Waals surface area (Å²) < 4.78 is 11.6. The number of hydrogen-bond acceptors (Lipinski definition) is 3. The normalized spacial score (nSPS) is 19.0. The van der Waals surface area contributed by atoms with Crippen molar-refractivity contribution in [2.75, 3.05) is 0 Å². The Bertz CT molecular complexity index is 693. The van der Waals surface area contributed by atoms with E-state index < -0.39 is 0 Å².